The fourth-order valence-corrected chi connectivity index (χ4v) is 2.19. The number of carbonyl (C=O) groups is 1. The Morgan fingerprint density at radius 1 is 1.27 bits per heavy atom. The summed E-state index contributed by atoms with van der Waals surface area (Å²) in [6.07, 6.45) is 3.50. The minimum atomic E-state index is -0.807. The number of benzene rings is 1. The molecule has 2 aromatic heterocycles. The Morgan fingerprint density at radius 2 is 2.00 bits per heavy atom. The van der Waals surface area contributed by atoms with Crippen molar-refractivity contribution in [3.8, 4) is 0 Å². The summed E-state index contributed by atoms with van der Waals surface area (Å²) in [5, 5.41) is 2.24. The van der Waals surface area contributed by atoms with E-state index in [-0.39, 0.29) is 6.42 Å². The van der Waals surface area contributed by atoms with Gasteiger partial charge in [-0.15, -0.1) is 0 Å². The molecule has 0 aliphatic carbocycles. The molecular weight excluding hydrogens is 288 g/mol. The molecule has 4 nitrogen and oxygen atoms in total. The summed E-state index contributed by atoms with van der Waals surface area (Å²) >= 11 is 0. The van der Waals surface area contributed by atoms with E-state index in [1.54, 1.807) is 10.6 Å². The molecule has 1 aromatic carbocycles. The van der Waals surface area contributed by atoms with Crippen molar-refractivity contribution in [2.45, 2.75) is 13.3 Å². The van der Waals surface area contributed by atoms with E-state index >= 15 is 0 Å². The van der Waals surface area contributed by atoms with Crippen molar-refractivity contribution in [3.63, 3.8) is 0 Å². The van der Waals surface area contributed by atoms with E-state index in [0.717, 1.165) is 23.3 Å². The van der Waals surface area contributed by atoms with Crippen LogP contribution < -0.4 is 5.32 Å². The molecule has 0 radical (unpaired) electrons. The molecule has 0 bridgehead atoms. The number of aryl methyl sites for hydroxylation is 1. The van der Waals surface area contributed by atoms with E-state index in [4.69, 9.17) is 0 Å². The van der Waals surface area contributed by atoms with Crippen LogP contribution in [0.4, 0.5) is 14.5 Å². The van der Waals surface area contributed by atoms with Gasteiger partial charge in [0.25, 0.3) is 0 Å². The molecule has 1 N–H and O–H groups in total. The summed E-state index contributed by atoms with van der Waals surface area (Å²) in [5.74, 6) is -2.14. The first-order valence-corrected chi connectivity index (χ1v) is 6.71. The number of nitrogens with one attached hydrogen (secondary N) is 1. The number of imidazole rings is 1. The molecule has 0 atom stereocenters. The summed E-state index contributed by atoms with van der Waals surface area (Å²) in [7, 11) is 0. The minimum absolute atomic E-state index is 0.0610. The van der Waals surface area contributed by atoms with Gasteiger partial charge < -0.3 is 9.72 Å². The van der Waals surface area contributed by atoms with Crippen molar-refractivity contribution in [1.82, 2.24) is 9.38 Å². The maximum atomic E-state index is 13.5. The SMILES string of the molecule is Cc1ccn2cc(CC(=O)Nc3c(F)cccc3F)nc2c1. The molecular formula is C16H13F2N3O. The van der Waals surface area contributed by atoms with Crippen LogP contribution in [0, 0.1) is 18.6 Å². The molecule has 6 heteroatoms. The molecule has 0 saturated carbocycles. The second-order valence-electron chi connectivity index (χ2n) is 5.02. The lowest BCUT2D eigenvalue weighted by atomic mass is 10.2. The number of carbonyl (C=O) groups excluding carboxylic acids is 1. The summed E-state index contributed by atoms with van der Waals surface area (Å²) in [5.41, 5.74) is 1.87. The highest BCUT2D eigenvalue weighted by Gasteiger charge is 2.13. The molecule has 0 spiro atoms. The van der Waals surface area contributed by atoms with Crippen molar-refractivity contribution in [2.24, 2.45) is 0 Å². The minimum Gasteiger partial charge on any atom is -0.321 e. The number of anilines is 1. The van der Waals surface area contributed by atoms with Crippen LogP contribution in [0.3, 0.4) is 0 Å². The maximum absolute atomic E-state index is 13.5. The summed E-state index contributed by atoms with van der Waals surface area (Å²) < 4.78 is 28.8. The fraction of sp³-hybridized carbons (Fsp3) is 0.125. The molecule has 0 saturated heterocycles. The molecule has 3 aromatic rings. The first-order chi connectivity index (χ1) is 10.5. The lowest BCUT2D eigenvalue weighted by Crippen LogP contribution is -2.16. The van der Waals surface area contributed by atoms with Gasteiger partial charge in [-0.3, -0.25) is 4.79 Å². The van der Waals surface area contributed by atoms with Crippen LogP contribution in [0.1, 0.15) is 11.3 Å². The molecule has 22 heavy (non-hydrogen) atoms. The van der Waals surface area contributed by atoms with Crippen molar-refractivity contribution < 1.29 is 13.6 Å². The third kappa shape index (κ3) is 2.81. The molecule has 3 rings (SSSR count). The number of para-hydroxylation sites is 1. The predicted octanol–water partition coefficient (Wildman–Crippen LogP) is 3.10. The van der Waals surface area contributed by atoms with Crippen LogP contribution in [-0.4, -0.2) is 15.3 Å². The number of amides is 1. The Hall–Kier alpha value is -2.76. The van der Waals surface area contributed by atoms with E-state index < -0.39 is 23.2 Å². The Morgan fingerprint density at radius 3 is 2.73 bits per heavy atom. The van der Waals surface area contributed by atoms with E-state index in [1.807, 2.05) is 25.3 Å². The average Bonchev–Trinajstić information content (AvgIpc) is 2.84. The van der Waals surface area contributed by atoms with Crippen molar-refractivity contribution >= 4 is 17.2 Å². The summed E-state index contributed by atoms with van der Waals surface area (Å²) in [6, 6.07) is 7.23. The Balaban J connectivity index is 1.78. The van der Waals surface area contributed by atoms with Gasteiger partial charge in [-0.25, -0.2) is 13.8 Å². The Labute approximate surface area is 125 Å². The van der Waals surface area contributed by atoms with Crippen LogP contribution >= 0.6 is 0 Å². The van der Waals surface area contributed by atoms with E-state index in [0.29, 0.717) is 5.69 Å². The third-order valence-electron chi connectivity index (χ3n) is 3.23. The normalized spacial score (nSPS) is 10.9. The van der Waals surface area contributed by atoms with Gasteiger partial charge in [-0.1, -0.05) is 6.07 Å². The molecule has 2 heterocycles. The van der Waals surface area contributed by atoms with Crippen LogP contribution in [0.5, 0.6) is 0 Å². The fourth-order valence-electron chi connectivity index (χ4n) is 2.19. The van der Waals surface area contributed by atoms with Crippen LogP contribution in [-0.2, 0) is 11.2 Å². The molecule has 0 fully saturated rings. The van der Waals surface area contributed by atoms with Gasteiger partial charge in [0.1, 0.15) is 23.0 Å². The van der Waals surface area contributed by atoms with Gasteiger partial charge in [-0.2, -0.15) is 0 Å². The van der Waals surface area contributed by atoms with Crippen molar-refractivity contribution in [2.75, 3.05) is 5.32 Å². The third-order valence-corrected chi connectivity index (χ3v) is 3.23. The highest BCUT2D eigenvalue weighted by atomic mass is 19.1. The zero-order chi connectivity index (χ0) is 15.7. The quantitative estimate of drug-likeness (QED) is 0.808. The van der Waals surface area contributed by atoms with Gasteiger partial charge in [-0.05, 0) is 36.8 Å². The van der Waals surface area contributed by atoms with Crippen LogP contribution in [0.2, 0.25) is 0 Å². The first-order valence-electron chi connectivity index (χ1n) is 6.71. The standard InChI is InChI=1S/C16H13F2N3O/c1-10-5-6-21-9-11(19-14(21)7-10)8-15(22)20-16-12(17)3-2-4-13(16)18/h2-7,9H,8H2,1H3,(H,20,22). The number of nitrogens with zero attached hydrogens (tertiary/aromatic N) is 2. The number of rotatable bonds is 3. The smallest absolute Gasteiger partial charge is 0.230 e. The van der Waals surface area contributed by atoms with Crippen LogP contribution in [0.15, 0.2) is 42.7 Å². The number of hydrogen-bond acceptors (Lipinski definition) is 2. The monoisotopic (exact) mass is 301 g/mol. The van der Waals surface area contributed by atoms with Gasteiger partial charge >= 0.3 is 0 Å². The number of hydrogen-bond donors (Lipinski definition) is 1. The van der Waals surface area contributed by atoms with Crippen molar-refractivity contribution in [3.05, 3.63) is 65.6 Å². The van der Waals surface area contributed by atoms with Crippen LogP contribution in [0.25, 0.3) is 5.65 Å². The van der Waals surface area contributed by atoms with Crippen molar-refractivity contribution in [1.29, 1.82) is 0 Å². The highest BCUT2D eigenvalue weighted by Crippen LogP contribution is 2.18. The van der Waals surface area contributed by atoms with Gasteiger partial charge in [0.05, 0.1) is 12.1 Å². The van der Waals surface area contributed by atoms with Gasteiger partial charge in [0, 0.05) is 12.4 Å². The number of fused-ring (bicyclic) bond motifs is 1. The lowest BCUT2D eigenvalue weighted by Gasteiger charge is -2.06. The molecule has 112 valence electrons. The zero-order valence-corrected chi connectivity index (χ0v) is 11.8. The zero-order valence-electron chi connectivity index (χ0n) is 11.8. The van der Waals surface area contributed by atoms with E-state index in [2.05, 4.69) is 10.3 Å². The predicted molar refractivity (Wildman–Crippen MR) is 78.6 cm³/mol. The second kappa shape index (κ2) is 5.55. The highest BCUT2D eigenvalue weighted by molar-refractivity contribution is 5.92. The number of aromatic nitrogens is 2. The summed E-state index contributed by atoms with van der Waals surface area (Å²) in [4.78, 5) is 16.3. The summed E-state index contributed by atoms with van der Waals surface area (Å²) in [6.45, 7) is 1.95. The van der Waals surface area contributed by atoms with Gasteiger partial charge in [0.15, 0.2) is 0 Å². The van der Waals surface area contributed by atoms with E-state index in [1.165, 1.54) is 6.07 Å². The first kappa shape index (κ1) is 14.2. The topological polar surface area (TPSA) is 46.4 Å². The molecule has 1 amide bonds. The lowest BCUT2D eigenvalue weighted by molar-refractivity contribution is -0.115. The second-order valence-corrected chi connectivity index (χ2v) is 5.02. The molecule has 0 aliphatic heterocycles. The Bertz CT molecular complexity index is 837. The van der Waals surface area contributed by atoms with Gasteiger partial charge in [0.2, 0.25) is 5.91 Å². The average molecular weight is 301 g/mol. The van der Waals surface area contributed by atoms with E-state index in [9.17, 15) is 13.6 Å². The largest absolute Gasteiger partial charge is 0.321 e. The Kier molecular flexibility index (Phi) is 3.58. The number of halogens is 2. The maximum Gasteiger partial charge on any atom is 0.230 e. The number of pyridine rings is 1. The molecule has 0 unspecified atom stereocenters. The molecule has 0 aliphatic rings.